The molecule has 4 nitrogen and oxygen atoms in total. The molecule has 0 spiro atoms. The fourth-order valence-corrected chi connectivity index (χ4v) is 2.90. The van der Waals surface area contributed by atoms with Crippen molar-refractivity contribution in [2.45, 2.75) is 38.3 Å². The van der Waals surface area contributed by atoms with Crippen molar-refractivity contribution in [2.75, 3.05) is 27.2 Å². The van der Waals surface area contributed by atoms with E-state index in [9.17, 15) is 4.79 Å². The molecule has 1 heterocycles. The second kappa shape index (κ2) is 7.05. The molecule has 116 valence electrons. The van der Waals surface area contributed by atoms with E-state index in [1.54, 1.807) is 0 Å². The van der Waals surface area contributed by atoms with Crippen molar-refractivity contribution in [1.82, 2.24) is 10.2 Å². The van der Waals surface area contributed by atoms with Gasteiger partial charge in [-0.1, -0.05) is 24.3 Å². The van der Waals surface area contributed by atoms with Crippen LogP contribution in [0.5, 0.6) is 0 Å². The zero-order chi connectivity index (χ0) is 15.3. The number of likely N-dealkylation sites (N-methyl/N-ethyl adjacent to an activating group) is 1. The molecular formula is C17H26N2O2. The number of nitrogens with one attached hydrogen (secondary N) is 1. The molecule has 0 aliphatic carbocycles. The maximum atomic E-state index is 11.9. The molecule has 2 rings (SSSR count). The average molecular weight is 290 g/mol. The van der Waals surface area contributed by atoms with E-state index in [-0.39, 0.29) is 5.97 Å². The molecule has 0 bridgehead atoms. The van der Waals surface area contributed by atoms with Crippen molar-refractivity contribution in [3.63, 3.8) is 0 Å². The Hall–Kier alpha value is -1.39. The lowest BCUT2D eigenvalue weighted by atomic mass is 9.98. The summed E-state index contributed by atoms with van der Waals surface area (Å²) in [6.07, 6.45) is 3.07. The smallest absolute Gasteiger partial charge is 0.325 e. The number of fused-ring (bicyclic) bond motifs is 1. The summed E-state index contributed by atoms with van der Waals surface area (Å²) in [5, 5.41) is 3.10. The summed E-state index contributed by atoms with van der Waals surface area (Å²) >= 11 is 0. The molecule has 0 radical (unpaired) electrons. The summed E-state index contributed by atoms with van der Waals surface area (Å²) in [5.74, 6) is -0.194. The van der Waals surface area contributed by atoms with Gasteiger partial charge in [-0.2, -0.15) is 0 Å². The maximum Gasteiger partial charge on any atom is 0.325 e. The highest BCUT2D eigenvalue weighted by atomic mass is 16.5. The molecule has 1 aromatic carbocycles. The Morgan fingerprint density at radius 1 is 1.38 bits per heavy atom. The standard InChI is InChI=1S/C17H26N2O2/c1-17(18-2,16(20)21-3)10-12-19-11-6-9-14-7-4-5-8-15(14)13-19/h4-5,7-8,18H,6,9-13H2,1-3H3. The Labute approximate surface area is 127 Å². The van der Waals surface area contributed by atoms with Crippen LogP contribution < -0.4 is 5.32 Å². The highest BCUT2D eigenvalue weighted by Gasteiger charge is 2.32. The second-order valence-electron chi connectivity index (χ2n) is 5.97. The van der Waals surface area contributed by atoms with E-state index in [0.29, 0.717) is 0 Å². The Morgan fingerprint density at radius 2 is 2.10 bits per heavy atom. The number of hydrogen-bond donors (Lipinski definition) is 1. The van der Waals surface area contributed by atoms with E-state index in [1.165, 1.54) is 24.7 Å². The van der Waals surface area contributed by atoms with Crippen LogP contribution >= 0.6 is 0 Å². The minimum Gasteiger partial charge on any atom is -0.468 e. The summed E-state index contributed by atoms with van der Waals surface area (Å²) in [6, 6.07) is 8.66. The van der Waals surface area contributed by atoms with Crippen LogP contribution in [0.3, 0.4) is 0 Å². The lowest BCUT2D eigenvalue weighted by molar-refractivity contribution is -0.148. The lowest BCUT2D eigenvalue weighted by Gasteiger charge is -2.29. The molecular weight excluding hydrogens is 264 g/mol. The van der Waals surface area contributed by atoms with Gasteiger partial charge in [0.05, 0.1) is 7.11 Å². The number of methoxy groups -OCH3 is 1. The summed E-state index contributed by atoms with van der Waals surface area (Å²) in [5.41, 5.74) is 2.27. The third-order valence-corrected chi connectivity index (χ3v) is 4.55. The van der Waals surface area contributed by atoms with Crippen LogP contribution in [0.25, 0.3) is 0 Å². The number of hydrogen-bond acceptors (Lipinski definition) is 4. The first-order chi connectivity index (χ1) is 10.1. The van der Waals surface area contributed by atoms with Crippen molar-refractivity contribution < 1.29 is 9.53 Å². The Kier molecular flexibility index (Phi) is 5.37. The molecule has 0 fully saturated rings. The Morgan fingerprint density at radius 3 is 2.76 bits per heavy atom. The van der Waals surface area contributed by atoms with E-state index in [2.05, 4.69) is 34.5 Å². The van der Waals surface area contributed by atoms with Gasteiger partial charge in [-0.05, 0) is 50.9 Å². The fraction of sp³-hybridized carbons (Fsp3) is 0.588. The summed E-state index contributed by atoms with van der Waals surface area (Å²) in [6.45, 7) is 4.85. The van der Waals surface area contributed by atoms with Crippen LogP contribution in [0.4, 0.5) is 0 Å². The van der Waals surface area contributed by atoms with Gasteiger partial charge in [0.1, 0.15) is 5.54 Å². The second-order valence-corrected chi connectivity index (χ2v) is 5.97. The molecule has 0 amide bonds. The Bertz CT molecular complexity index is 489. The number of ether oxygens (including phenoxy) is 1. The van der Waals surface area contributed by atoms with Gasteiger partial charge in [-0.3, -0.25) is 9.69 Å². The van der Waals surface area contributed by atoms with Crippen molar-refractivity contribution >= 4 is 5.97 Å². The average Bonchev–Trinajstić information content (AvgIpc) is 2.73. The summed E-state index contributed by atoms with van der Waals surface area (Å²) < 4.78 is 4.91. The van der Waals surface area contributed by atoms with Gasteiger partial charge in [0, 0.05) is 13.1 Å². The van der Waals surface area contributed by atoms with E-state index >= 15 is 0 Å². The number of carbonyl (C=O) groups is 1. The number of esters is 1. The van der Waals surface area contributed by atoms with Gasteiger partial charge in [0.25, 0.3) is 0 Å². The summed E-state index contributed by atoms with van der Waals surface area (Å²) in [4.78, 5) is 14.3. The molecule has 1 aliphatic heterocycles. The van der Waals surface area contributed by atoms with Crippen molar-refractivity contribution in [3.05, 3.63) is 35.4 Å². The molecule has 1 aliphatic rings. The third kappa shape index (κ3) is 3.83. The Balaban J connectivity index is 1.99. The number of aryl methyl sites for hydroxylation is 1. The first-order valence-corrected chi connectivity index (χ1v) is 7.65. The molecule has 1 atom stereocenters. The molecule has 1 aromatic rings. The van der Waals surface area contributed by atoms with Crippen LogP contribution in [0, 0.1) is 0 Å². The number of carbonyl (C=O) groups excluding carboxylic acids is 1. The molecule has 0 saturated carbocycles. The molecule has 1 unspecified atom stereocenters. The maximum absolute atomic E-state index is 11.9. The van der Waals surface area contributed by atoms with Gasteiger partial charge >= 0.3 is 5.97 Å². The molecule has 1 N–H and O–H groups in total. The number of nitrogens with zero attached hydrogens (tertiary/aromatic N) is 1. The van der Waals surface area contributed by atoms with Crippen LogP contribution in [0.15, 0.2) is 24.3 Å². The highest BCUT2D eigenvalue weighted by molar-refractivity contribution is 5.80. The van der Waals surface area contributed by atoms with Crippen LogP contribution in [-0.2, 0) is 22.5 Å². The van der Waals surface area contributed by atoms with Crippen molar-refractivity contribution in [2.24, 2.45) is 0 Å². The van der Waals surface area contributed by atoms with Crippen LogP contribution in [-0.4, -0.2) is 43.7 Å². The highest BCUT2D eigenvalue weighted by Crippen LogP contribution is 2.20. The predicted octanol–water partition coefficient (Wildman–Crippen LogP) is 1.98. The zero-order valence-electron chi connectivity index (χ0n) is 13.3. The molecule has 0 aromatic heterocycles. The topological polar surface area (TPSA) is 41.6 Å². The SMILES string of the molecule is CNC(C)(CCN1CCCc2ccccc2C1)C(=O)OC. The van der Waals surface area contributed by atoms with Gasteiger partial charge < -0.3 is 10.1 Å². The van der Waals surface area contributed by atoms with E-state index in [1.807, 2.05) is 14.0 Å². The predicted molar refractivity (Wildman–Crippen MR) is 84.1 cm³/mol. The molecule has 4 heteroatoms. The fourth-order valence-electron chi connectivity index (χ4n) is 2.90. The zero-order valence-corrected chi connectivity index (χ0v) is 13.3. The van der Waals surface area contributed by atoms with Crippen LogP contribution in [0.2, 0.25) is 0 Å². The van der Waals surface area contributed by atoms with Crippen LogP contribution in [0.1, 0.15) is 30.9 Å². The largest absolute Gasteiger partial charge is 0.468 e. The monoisotopic (exact) mass is 290 g/mol. The molecule has 21 heavy (non-hydrogen) atoms. The first-order valence-electron chi connectivity index (χ1n) is 7.65. The van der Waals surface area contributed by atoms with Gasteiger partial charge in [-0.15, -0.1) is 0 Å². The minimum atomic E-state index is -0.611. The van der Waals surface area contributed by atoms with E-state index in [0.717, 1.165) is 32.5 Å². The van der Waals surface area contributed by atoms with Gasteiger partial charge in [0.2, 0.25) is 0 Å². The van der Waals surface area contributed by atoms with Crippen molar-refractivity contribution in [1.29, 1.82) is 0 Å². The van der Waals surface area contributed by atoms with E-state index < -0.39 is 5.54 Å². The first kappa shape index (κ1) is 16.0. The number of benzene rings is 1. The van der Waals surface area contributed by atoms with Crippen molar-refractivity contribution in [3.8, 4) is 0 Å². The third-order valence-electron chi connectivity index (χ3n) is 4.55. The quantitative estimate of drug-likeness (QED) is 0.842. The normalized spacial score (nSPS) is 18.4. The van der Waals surface area contributed by atoms with Gasteiger partial charge in [-0.25, -0.2) is 0 Å². The molecule has 0 saturated heterocycles. The van der Waals surface area contributed by atoms with Gasteiger partial charge in [0.15, 0.2) is 0 Å². The van der Waals surface area contributed by atoms with E-state index in [4.69, 9.17) is 4.74 Å². The lowest BCUT2D eigenvalue weighted by Crippen LogP contribution is -2.50. The minimum absolute atomic E-state index is 0.194. The summed E-state index contributed by atoms with van der Waals surface area (Å²) in [7, 11) is 3.26. The number of rotatable bonds is 5.